The van der Waals surface area contributed by atoms with E-state index in [1.165, 1.54) is 26.2 Å². The van der Waals surface area contributed by atoms with Gasteiger partial charge in [0.05, 0.1) is 18.0 Å². The number of carbonyl (C=O) groups excluding carboxylic acids is 1. The van der Waals surface area contributed by atoms with Gasteiger partial charge in [-0.25, -0.2) is 8.42 Å². The lowest BCUT2D eigenvalue weighted by Gasteiger charge is -2.14. The van der Waals surface area contributed by atoms with Crippen LogP contribution in [0.5, 0.6) is 5.75 Å². The van der Waals surface area contributed by atoms with Crippen LogP contribution in [-0.2, 0) is 14.8 Å². The minimum Gasteiger partial charge on any atom is -0.497 e. The number of benzene rings is 2. The Morgan fingerprint density at radius 2 is 1.67 bits per heavy atom. The lowest BCUT2D eigenvalue weighted by atomic mass is 10.3. The number of anilines is 1. The van der Waals surface area contributed by atoms with Crippen molar-refractivity contribution in [3.05, 3.63) is 52.1 Å². The number of nitrogens with one attached hydrogen (secondary N) is 2. The van der Waals surface area contributed by atoms with Crippen LogP contribution in [0.15, 0.2) is 53.4 Å². The Bertz CT molecular complexity index is 805. The molecule has 0 heterocycles. The molecule has 0 aliphatic rings. The molecule has 8 heteroatoms. The van der Waals surface area contributed by atoms with Crippen molar-refractivity contribution in [3.8, 4) is 5.75 Å². The van der Waals surface area contributed by atoms with Gasteiger partial charge in [0.25, 0.3) is 0 Å². The second-order valence-electron chi connectivity index (χ2n) is 5.01. The van der Waals surface area contributed by atoms with Crippen LogP contribution in [0, 0.1) is 3.57 Å². The molecule has 2 rings (SSSR count). The Labute approximate surface area is 154 Å². The number of methoxy groups -OCH3 is 1. The average Bonchev–Trinajstić information content (AvgIpc) is 2.56. The fourth-order valence-corrected chi connectivity index (χ4v) is 3.46. The molecule has 24 heavy (non-hydrogen) atoms. The standard InChI is InChI=1S/C16H17IN2O4S/c1-11(16(20)18-13-5-3-12(17)4-6-13)19-24(21,22)15-9-7-14(23-2)8-10-15/h3-11,19H,1-2H3,(H,18,20)/t11-/m1/s1. The molecule has 1 atom stereocenters. The van der Waals surface area contributed by atoms with E-state index < -0.39 is 22.0 Å². The van der Waals surface area contributed by atoms with Gasteiger partial charge in [-0.2, -0.15) is 4.72 Å². The molecule has 0 spiro atoms. The van der Waals surface area contributed by atoms with Crippen LogP contribution >= 0.6 is 22.6 Å². The van der Waals surface area contributed by atoms with Crippen LogP contribution in [0.4, 0.5) is 5.69 Å². The van der Waals surface area contributed by atoms with Crippen LogP contribution in [-0.4, -0.2) is 27.5 Å². The lowest BCUT2D eigenvalue weighted by Crippen LogP contribution is -2.41. The van der Waals surface area contributed by atoms with Gasteiger partial charge in [0, 0.05) is 9.26 Å². The summed E-state index contributed by atoms with van der Waals surface area (Å²) in [5.41, 5.74) is 0.607. The summed E-state index contributed by atoms with van der Waals surface area (Å²) < 4.78 is 33.0. The van der Waals surface area contributed by atoms with E-state index in [1.807, 2.05) is 12.1 Å². The van der Waals surface area contributed by atoms with E-state index >= 15 is 0 Å². The summed E-state index contributed by atoms with van der Waals surface area (Å²) in [6, 6.07) is 12.2. The Morgan fingerprint density at radius 3 is 2.21 bits per heavy atom. The number of hydrogen-bond acceptors (Lipinski definition) is 4. The van der Waals surface area contributed by atoms with Crippen molar-refractivity contribution in [2.75, 3.05) is 12.4 Å². The van der Waals surface area contributed by atoms with Gasteiger partial charge in [0.2, 0.25) is 15.9 Å². The molecule has 0 bridgehead atoms. The molecule has 2 aromatic carbocycles. The molecule has 0 saturated heterocycles. The van der Waals surface area contributed by atoms with Gasteiger partial charge >= 0.3 is 0 Å². The zero-order valence-corrected chi connectivity index (χ0v) is 16.1. The molecule has 2 N–H and O–H groups in total. The van der Waals surface area contributed by atoms with E-state index in [0.717, 1.165) is 3.57 Å². The third-order valence-electron chi connectivity index (χ3n) is 3.21. The molecule has 0 fully saturated rings. The van der Waals surface area contributed by atoms with E-state index in [-0.39, 0.29) is 4.90 Å². The van der Waals surface area contributed by atoms with E-state index in [0.29, 0.717) is 11.4 Å². The Balaban J connectivity index is 2.04. The fourth-order valence-electron chi connectivity index (χ4n) is 1.89. The first kappa shape index (κ1) is 18.7. The second-order valence-corrected chi connectivity index (χ2v) is 7.97. The molecule has 0 radical (unpaired) electrons. The number of hydrogen-bond donors (Lipinski definition) is 2. The number of ether oxygens (including phenoxy) is 1. The second kappa shape index (κ2) is 7.95. The molecule has 0 unspecified atom stereocenters. The molecule has 0 saturated carbocycles. The highest BCUT2D eigenvalue weighted by molar-refractivity contribution is 14.1. The van der Waals surface area contributed by atoms with Crippen LogP contribution in [0.2, 0.25) is 0 Å². The quantitative estimate of drug-likeness (QED) is 0.650. The van der Waals surface area contributed by atoms with Crippen molar-refractivity contribution in [1.82, 2.24) is 4.72 Å². The smallest absolute Gasteiger partial charge is 0.242 e. The molecule has 6 nitrogen and oxygen atoms in total. The molecular weight excluding hydrogens is 443 g/mol. The van der Waals surface area contributed by atoms with Crippen LogP contribution in [0.25, 0.3) is 0 Å². The summed E-state index contributed by atoms with van der Waals surface area (Å²) in [4.78, 5) is 12.2. The number of amides is 1. The maximum absolute atomic E-state index is 12.3. The van der Waals surface area contributed by atoms with E-state index in [4.69, 9.17) is 4.74 Å². The van der Waals surface area contributed by atoms with Crippen LogP contribution < -0.4 is 14.8 Å². The number of rotatable bonds is 6. The first-order valence-corrected chi connectivity index (χ1v) is 9.61. The highest BCUT2D eigenvalue weighted by Gasteiger charge is 2.22. The van der Waals surface area contributed by atoms with Gasteiger partial charge in [-0.05, 0) is 78.0 Å². The first-order chi connectivity index (χ1) is 11.3. The molecule has 0 aromatic heterocycles. The van der Waals surface area contributed by atoms with Crippen LogP contribution in [0.3, 0.4) is 0 Å². The molecule has 0 aliphatic heterocycles. The minimum atomic E-state index is -3.80. The maximum Gasteiger partial charge on any atom is 0.242 e. The average molecular weight is 460 g/mol. The Hall–Kier alpha value is -1.65. The highest BCUT2D eigenvalue weighted by Crippen LogP contribution is 2.16. The third kappa shape index (κ3) is 4.92. The highest BCUT2D eigenvalue weighted by atomic mass is 127. The van der Waals surface area contributed by atoms with Crippen LogP contribution in [0.1, 0.15) is 6.92 Å². The topological polar surface area (TPSA) is 84.5 Å². The predicted octanol–water partition coefficient (Wildman–Crippen LogP) is 2.61. The molecular formula is C16H17IN2O4S. The third-order valence-corrected chi connectivity index (χ3v) is 5.48. The molecule has 2 aromatic rings. The lowest BCUT2D eigenvalue weighted by molar-refractivity contribution is -0.117. The largest absolute Gasteiger partial charge is 0.497 e. The summed E-state index contributed by atoms with van der Waals surface area (Å²) in [5.74, 6) is 0.117. The van der Waals surface area contributed by atoms with Crippen molar-refractivity contribution in [3.63, 3.8) is 0 Å². The summed E-state index contributed by atoms with van der Waals surface area (Å²) >= 11 is 2.16. The Kier molecular flexibility index (Phi) is 6.19. The van der Waals surface area contributed by atoms with E-state index in [9.17, 15) is 13.2 Å². The number of sulfonamides is 1. The number of carbonyl (C=O) groups is 1. The molecule has 0 aliphatic carbocycles. The van der Waals surface area contributed by atoms with E-state index in [2.05, 4.69) is 32.6 Å². The molecule has 128 valence electrons. The fraction of sp³-hybridized carbons (Fsp3) is 0.188. The van der Waals surface area contributed by atoms with Gasteiger partial charge in [0.15, 0.2) is 0 Å². The first-order valence-electron chi connectivity index (χ1n) is 7.04. The van der Waals surface area contributed by atoms with Crippen molar-refractivity contribution in [1.29, 1.82) is 0 Å². The monoisotopic (exact) mass is 460 g/mol. The van der Waals surface area contributed by atoms with Crippen molar-refractivity contribution in [2.24, 2.45) is 0 Å². The van der Waals surface area contributed by atoms with Crippen molar-refractivity contribution < 1.29 is 17.9 Å². The zero-order valence-electron chi connectivity index (χ0n) is 13.1. The van der Waals surface area contributed by atoms with E-state index in [1.54, 1.807) is 24.3 Å². The summed E-state index contributed by atoms with van der Waals surface area (Å²) in [5, 5.41) is 2.67. The number of halogens is 1. The summed E-state index contributed by atoms with van der Waals surface area (Å²) in [6.07, 6.45) is 0. The summed E-state index contributed by atoms with van der Waals surface area (Å²) in [7, 11) is -2.30. The SMILES string of the molecule is COc1ccc(S(=O)(=O)N[C@H](C)C(=O)Nc2ccc(I)cc2)cc1. The van der Waals surface area contributed by atoms with Gasteiger partial charge in [-0.1, -0.05) is 0 Å². The zero-order chi connectivity index (χ0) is 17.7. The van der Waals surface area contributed by atoms with Gasteiger partial charge in [-0.15, -0.1) is 0 Å². The Morgan fingerprint density at radius 1 is 1.08 bits per heavy atom. The molecule has 1 amide bonds. The minimum absolute atomic E-state index is 0.0669. The van der Waals surface area contributed by atoms with Crippen molar-refractivity contribution in [2.45, 2.75) is 17.9 Å². The van der Waals surface area contributed by atoms with Gasteiger partial charge in [0.1, 0.15) is 5.75 Å². The normalized spacial score (nSPS) is 12.5. The predicted molar refractivity (Wildman–Crippen MR) is 101 cm³/mol. The summed E-state index contributed by atoms with van der Waals surface area (Å²) in [6.45, 7) is 1.49. The van der Waals surface area contributed by atoms with Gasteiger partial charge in [-0.3, -0.25) is 4.79 Å². The van der Waals surface area contributed by atoms with Crippen molar-refractivity contribution >= 4 is 44.2 Å². The maximum atomic E-state index is 12.3. The van der Waals surface area contributed by atoms with Gasteiger partial charge < -0.3 is 10.1 Å².